The number of aromatic nitrogens is 2. The van der Waals surface area contributed by atoms with E-state index in [4.69, 9.17) is 9.72 Å². The average molecular weight is 374 g/mol. The van der Waals surface area contributed by atoms with Gasteiger partial charge in [-0.25, -0.2) is 4.98 Å². The van der Waals surface area contributed by atoms with Crippen molar-refractivity contribution in [3.05, 3.63) is 91.1 Å². The van der Waals surface area contributed by atoms with E-state index in [2.05, 4.69) is 77.3 Å². The molecule has 3 aromatic heterocycles. The number of para-hydroxylation sites is 1. The third kappa shape index (κ3) is 2.34. The van der Waals surface area contributed by atoms with Gasteiger partial charge in [-0.15, -0.1) is 0 Å². The van der Waals surface area contributed by atoms with Gasteiger partial charge in [0.1, 0.15) is 5.75 Å². The summed E-state index contributed by atoms with van der Waals surface area (Å²) in [6.45, 7) is 0. The van der Waals surface area contributed by atoms with Gasteiger partial charge in [0.15, 0.2) is 0 Å². The molecule has 0 aliphatic heterocycles. The molecule has 0 atom stereocenters. The topological polar surface area (TPSA) is 26.5 Å². The molecule has 0 aliphatic rings. The summed E-state index contributed by atoms with van der Waals surface area (Å²) in [6.07, 6.45) is 2.16. The Balaban J connectivity index is 1.81. The number of nitrogens with zero attached hydrogens (tertiary/aromatic N) is 2. The second-order valence-electron chi connectivity index (χ2n) is 7.27. The molecule has 0 N–H and O–H groups in total. The molecule has 0 spiro atoms. The Kier molecular flexibility index (Phi) is 3.38. The van der Waals surface area contributed by atoms with E-state index in [1.165, 1.54) is 27.1 Å². The van der Waals surface area contributed by atoms with Crippen molar-refractivity contribution in [3.63, 3.8) is 0 Å². The van der Waals surface area contributed by atoms with Crippen molar-refractivity contribution in [2.24, 2.45) is 0 Å². The van der Waals surface area contributed by atoms with Crippen molar-refractivity contribution >= 4 is 38.1 Å². The summed E-state index contributed by atoms with van der Waals surface area (Å²) >= 11 is 0. The molecule has 29 heavy (non-hydrogen) atoms. The quantitative estimate of drug-likeness (QED) is 0.347. The molecule has 0 saturated carbocycles. The summed E-state index contributed by atoms with van der Waals surface area (Å²) in [6, 6.07) is 29.5. The monoisotopic (exact) mass is 374 g/mol. The molecule has 0 saturated heterocycles. The zero-order valence-electron chi connectivity index (χ0n) is 16.0. The first-order valence-electron chi connectivity index (χ1n) is 9.69. The van der Waals surface area contributed by atoms with E-state index in [-0.39, 0.29) is 0 Å². The number of hydrogen-bond acceptors (Lipinski definition) is 2. The van der Waals surface area contributed by atoms with E-state index in [1.54, 1.807) is 7.11 Å². The first-order valence-corrected chi connectivity index (χ1v) is 9.69. The number of rotatable bonds is 2. The molecule has 0 fully saturated rings. The van der Waals surface area contributed by atoms with Crippen molar-refractivity contribution in [1.29, 1.82) is 0 Å². The van der Waals surface area contributed by atoms with E-state index < -0.39 is 0 Å². The normalized spacial score (nSPS) is 11.6. The van der Waals surface area contributed by atoms with Crippen LogP contribution >= 0.6 is 0 Å². The van der Waals surface area contributed by atoms with Crippen LogP contribution in [0.25, 0.3) is 49.4 Å². The second kappa shape index (κ2) is 6.08. The summed E-state index contributed by atoms with van der Waals surface area (Å²) in [5, 5.41) is 4.88. The molecule has 138 valence electrons. The van der Waals surface area contributed by atoms with Gasteiger partial charge in [-0.05, 0) is 47.9 Å². The third-order valence-corrected chi connectivity index (χ3v) is 5.69. The van der Waals surface area contributed by atoms with Crippen molar-refractivity contribution in [2.75, 3.05) is 7.11 Å². The molecular weight excluding hydrogens is 356 g/mol. The van der Waals surface area contributed by atoms with Crippen molar-refractivity contribution in [3.8, 4) is 17.0 Å². The highest BCUT2D eigenvalue weighted by Crippen LogP contribution is 2.37. The largest absolute Gasteiger partial charge is 0.497 e. The van der Waals surface area contributed by atoms with Crippen molar-refractivity contribution in [2.45, 2.75) is 0 Å². The van der Waals surface area contributed by atoms with Crippen LogP contribution in [-0.2, 0) is 0 Å². The molecule has 3 heterocycles. The molecule has 0 aliphatic carbocycles. The van der Waals surface area contributed by atoms with E-state index in [0.717, 1.165) is 28.0 Å². The maximum atomic E-state index is 5.34. The number of methoxy groups -OCH3 is 1. The van der Waals surface area contributed by atoms with Gasteiger partial charge in [0.05, 0.1) is 29.4 Å². The summed E-state index contributed by atoms with van der Waals surface area (Å²) in [5.41, 5.74) is 5.40. The van der Waals surface area contributed by atoms with Crippen LogP contribution in [0.3, 0.4) is 0 Å². The standard InChI is InChI=1S/C26H18N2O/c1-29-19-12-10-18(11-13-19)25-26-22(21-8-4-5-9-23(21)27-25)16-24-20-7-3-2-6-17(20)14-15-28(24)26/h2-16H,1H3. The second-order valence-corrected chi connectivity index (χ2v) is 7.27. The van der Waals surface area contributed by atoms with Crippen molar-refractivity contribution < 1.29 is 4.74 Å². The van der Waals surface area contributed by atoms with Gasteiger partial charge in [0, 0.05) is 27.9 Å². The zero-order chi connectivity index (χ0) is 19.4. The zero-order valence-corrected chi connectivity index (χ0v) is 16.0. The number of hydrogen-bond donors (Lipinski definition) is 0. The summed E-state index contributed by atoms with van der Waals surface area (Å²) in [7, 11) is 1.69. The van der Waals surface area contributed by atoms with Gasteiger partial charge >= 0.3 is 0 Å². The fourth-order valence-corrected chi connectivity index (χ4v) is 4.29. The van der Waals surface area contributed by atoms with Crippen LogP contribution in [0.4, 0.5) is 0 Å². The smallest absolute Gasteiger partial charge is 0.118 e. The average Bonchev–Trinajstić information content (AvgIpc) is 3.19. The van der Waals surface area contributed by atoms with Gasteiger partial charge in [-0.2, -0.15) is 0 Å². The summed E-state index contributed by atoms with van der Waals surface area (Å²) < 4.78 is 7.62. The third-order valence-electron chi connectivity index (χ3n) is 5.69. The van der Waals surface area contributed by atoms with Crippen molar-refractivity contribution in [1.82, 2.24) is 9.38 Å². The first-order chi connectivity index (χ1) is 14.3. The van der Waals surface area contributed by atoms with Gasteiger partial charge in [0.2, 0.25) is 0 Å². The highest BCUT2D eigenvalue weighted by atomic mass is 16.5. The Morgan fingerprint density at radius 3 is 2.34 bits per heavy atom. The molecule has 0 radical (unpaired) electrons. The maximum Gasteiger partial charge on any atom is 0.118 e. The molecule has 3 aromatic carbocycles. The molecule has 0 amide bonds. The predicted molar refractivity (Wildman–Crippen MR) is 120 cm³/mol. The fourth-order valence-electron chi connectivity index (χ4n) is 4.29. The summed E-state index contributed by atoms with van der Waals surface area (Å²) in [4.78, 5) is 5.07. The fraction of sp³-hybridized carbons (Fsp3) is 0.0385. The summed E-state index contributed by atoms with van der Waals surface area (Å²) in [5.74, 6) is 0.844. The lowest BCUT2D eigenvalue weighted by molar-refractivity contribution is 0.415. The Morgan fingerprint density at radius 1 is 0.759 bits per heavy atom. The van der Waals surface area contributed by atoms with Gasteiger partial charge in [-0.3, -0.25) is 0 Å². The number of benzene rings is 3. The van der Waals surface area contributed by atoms with Gasteiger partial charge in [-0.1, -0.05) is 42.5 Å². The minimum atomic E-state index is 0.844. The molecule has 3 heteroatoms. The van der Waals surface area contributed by atoms with Crippen LogP contribution in [-0.4, -0.2) is 16.5 Å². The highest BCUT2D eigenvalue weighted by Gasteiger charge is 2.16. The minimum Gasteiger partial charge on any atom is -0.497 e. The molecular formula is C26H18N2O. The van der Waals surface area contributed by atoms with Crippen LogP contribution in [0, 0.1) is 0 Å². The SMILES string of the molecule is COc1ccc(-c2nc3ccccc3c3cc4c5ccccc5ccn4c23)cc1. The van der Waals surface area contributed by atoms with Crippen LogP contribution in [0.15, 0.2) is 91.1 Å². The van der Waals surface area contributed by atoms with Crippen LogP contribution in [0.2, 0.25) is 0 Å². The van der Waals surface area contributed by atoms with Gasteiger partial charge < -0.3 is 9.14 Å². The lowest BCUT2D eigenvalue weighted by Gasteiger charge is -2.09. The minimum absolute atomic E-state index is 0.844. The Hall–Kier alpha value is -3.85. The molecule has 0 bridgehead atoms. The highest BCUT2D eigenvalue weighted by molar-refractivity contribution is 6.14. The molecule has 0 unspecified atom stereocenters. The van der Waals surface area contributed by atoms with Crippen LogP contribution < -0.4 is 4.74 Å². The molecule has 6 rings (SSSR count). The molecule has 3 nitrogen and oxygen atoms in total. The number of fused-ring (bicyclic) bond motifs is 7. The Morgan fingerprint density at radius 2 is 1.52 bits per heavy atom. The predicted octanol–water partition coefficient (Wildman–Crippen LogP) is 6.47. The van der Waals surface area contributed by atoms with E-state index in [9.17, 15) is 0 Å². The lowest BCUT2D eigenvalue weighted by Crippen LogP contribution is -1.92. The Labute approximate surface area is 167 Å². The number of ether oxygens (including phenoxy) is 1. The first kappa shape index (κ1) is 16.1. The van der Waals surface area contributed by atoms with E-state index >= 15 is 0 Å². The van der Waals surface area contributed by atoms with Crippen LogP contribution in [0.5, 0.6) is 5.75 Å². The molecule has 6 aromatic rings. The lowest BCUT2D eigenvalue weighted by atomic mass is 10.0. The maximum absolute atomic E-state index is 5.34. The van der Waals surface area contributed by atoms with Gasteiger partial charge in [0.25, 0.3) is 0 Å². The number of pyridine rings is 2. The van der Waals surface area contributed by atoms with Crippen LogP contribution in [0.1, 0.15) is 0 Å². The van der Waals surface area contributed by atoms with E-state index in [1.807, 2.05) is 18.2 Å². The Bertz CT molecular complexity index is 1530. The van der Waals surface area contributed by atoms with E-state index in [0.29, 0.717) is 0 Å².